The Hall–Kier alpha value is -3.53. The summed E-state index contributed by atoms with van der Waals surface area (Å²) in [5, 5.41) is 9.92. The number of hydrogen-bond donors (Lipinski definition) is 3. The first kappa shape index (κ1) is 22.2. The lowest BCUT2D eigenvalue weighted by molar-refractivity contribution is -0.137. The number of nitrogens with one attached hydrogen (secondary N) is 2. The monoisotopic (exact) mass is 432 g/mol. The van der Waals surface area contributed by atoms with Crippen molar-refractivity contribution in [2.75, 3.05) is 38.2 Å². The number of amides is 2. The first-order valence-electron chi connectivity index (χ1n) is 9.48. The number of urea groups is 1. The predicted octanol–water partition coefficient (Wildman–Crippen LogP) is 3.82. The zero-order valence-corrected chi connectivity index (χ0v) is 17.1. The van der Waals surface area contributed by atoms with Gasteiger partial charge in [-0.1, -0.05) is 30.3 Å². The number of carbonyl (C=O) groups is 1. The third-order valence-electron chi connectivity index (χ3n) is 4.49. The summed E-state index contributed by atoms with van der Waals surface area (Å²) in [5.74, 6) is 0.0985. The molecule has 0 aliphatic heterocycles. The van der Waals surface area contributed by atoms with Crippen LogP contribution in [0.3, 0.4) is 0 Å². The van der Waals surface area contributed by atoms with Crippen molar-refractivity contribution >= 4 is 17.5 Å². The molecule has 2 amide bonds. The minimum atomic E-state index is -4.44. The average molecular weight is 432 g/mol. The van der Waals surface area contributed by atoms with E-state index >= 15 is 0 Å². The van der Waals surface area contributed by atoms with Gasteiger partial charge < -0.3 is 21.3 Å². The Morgan fingerprint density at radius 2 is 1.74 bits per heavy atom. The molecule has 2 aromatic carbocycles. The van der Waals surface area contributed by atoms with E-state index in [1.807, 2.05) is 37.2 Å². The van der Waals surface area contributed by atoms with E-state index in [2.05, 4.69) is 15.7 Å². The van der Waals surface area contributed by atoms with Crippen LogP contribution in [0.15, 0.2) is 54.6 Å². The fourth-order valence-corrected chi connectivity index (χ4v) is 2.89. The minimum Gasteiger partial charge on any atom is -0.382 e. The van der Waals surface area contributed by atoms with E-state index < -0.39 is 17.8 Å². The van der Waals surface area contributed by atoms with Crippen LogP contribution in [0.5, 0.6) is 0 Å². The fraction of sp³-hybridized carbons (Fsp3) is 0.238. The molecule has 0 saturated carbocycles. The van der Waals surface area contributed by atoms with E-state index in [4.69, 9.17) is 5.73 Å². The number of nitrogens with two attached hydrogens (primary N) is 1. The molecule has 10 heteroatoms. The number of benzene rings is 2. The van der Waals surface area contributed by atoms with Crippen LogP contribution in [-0.2, 0) is 6.18 Å². The zero-order valence-electron chi connectivity index (χ0n) is 17.1. The van der Waals surface area contributed by atoms with Crippen molar-refractivity contribution < 1.29 is 18.0 Å². The van der Waals surface area contributed by atoms with Gasteiger partial charge in [-0.3, -0.25) is 0 Å². The summed E-state index contributed by atoms with van der Waals surface area (Å²) in [6.45, 7) is 1.08. The number of likely N-dealkylation sites (N-methyl/N-ethyl adjacent to an activating group) is 1. The van der Waals surface area contributed by atoms with Gasteiger partial charge in [0, 0.05) is 18.7 Å². The predicted molar refractivity (Wildman–Crippen MR) is 114 cm³/mol. The molecule has 31 heavy (non-hydrogen) atoms. The highest BCUT2D eigenvalue weighted by Crippen LogP contribution is 2.35. The van der Waals surface area contributed by atoms with Crippen molar-refractivity contribution in [3.63, 3.8) is 0 Å². The van der Waals surface area contributed by atoms with Crippen LogP contribution in [-0.4, -0.2) is 47.9 Å². The van der Waals surface area contributed by atoms with Crippen LogP contribution < -0.4 is 16.4 Å². The summed E-state index contributed by atoms with van der Waals surface area (Å²) in [4.78, 5) is 14.3. The van der Waals surface area contributed by atoms with Gasteiger partial charge in [0.25, 0.3) is 0 Å². The van der Waals surface area contributed by atoms with Gasteiger partial charge in [-0.25, -0.2) is 9.48 Å². The Balaban J connectivity index is 1.96. The Morgan fingerprint density at radius 3 is 2.32 bits per heavy atom. The van der Waals surface area contributed by atoms with Gasteiger partial charge in [-0.15, -0.1) is 0 Å². The molecular formula is C21H23F3N6O. The van der Waals surface area contributed by atoms with E-state index in [-0.39, 0.29) is 11.5 Å². The maximum Gasteiger partial charge on any atom is 0.416 e. The Bertz CT molecular complexity index is 1030. The number of alkyl halides is 3. The quantitative estimate of drug-likeness (QED) is 0.553. The molecule has 4 N–H and O–H groups in total. The molecule has 1 aromatic heterocycles. The van der Waals surface area contributed by atoms with Gasteiger partial charge in [-0.2, -0.15) is 18.3 Å². The van der Waals surface area contributed by atoms with Crippen LogP contribution in [0.1, 0.15) is 5.56 Å². The molecule has 0 unspecified atom stereocenters. The van der Waals surface area contributed by atoms with Crippen LogP contribution in [0, 0.1) is 0 Å². The molecule has 7 nitrogen and oxygen atoms in total. The van der Waals surface area contributed by atoms with Gasteiger partial charge in [0.2, 0.25) is 0 Å². The number of anilines is 2. The van der Waals surface area contributed by atoms with E-state index in [1.54, 1.807) is 12.1 Å². The number of halogens is 3. The van der Waals surface area contributed by atoms with Crippen LogP contribution in [0.25, 0.3) is 16.9 Å². The summed E-state index contributed by atoms with van der Waals surface area (Å²) >= 11 is 0. The summed E-state index contributed by atoms with van der Waals surface area (Å²) in [5.41, 5.74) is 7.19. The van der Waals surface area contributed by atoms with Crippen molar-refractivity contribution in [2.45, 2.75) is 6.18 Å². The summed E-state index contributed by atoms with van der Waals surface area (Å²) in [7, 11) is 3.78. The Kier molecular flexibility index (Phi) is 6.50. The standard InChI is InChI=1S/C21H23F3N6O/c1-29(2)13-12-26-20(31)27-18-17(14-6-4-3-5-7-14)28-30(19(18)25)16-10-8-15(9-11-16)21(22,23)24/h3-11H,12-13,25H2,1-2H3,(H2,26,27,31). The number of nitrogen functional groups attached to an aromatic ring is 1. The minimum absolute atomic E-state index is 0.0985. The molecule has 0 radical (unpaired) electrons. The van der Waals surface area contributed by atoms with E-state index in [0.717, 1.165) is 12.1 Å². The van der Waals surface area contributed by atoms with Gasteiger partial charge in [-0.05, 0) is 38.4 Å². The van der Waals surface area contributed by atoms with Crippen LogP contribution >= 0.6 is 0 Å². The van der Waals surface area contributed by atoms with Gasteiger partial charge >= 0.3 is 12.2 Å². The molecule has 0 spiro atoms. The topological polar surface area (TPSA) is 88.2 Å². The lowest BCUT2D eigenvalue weighted by atomic mass is 10.1. The van der Waals surface area contributed by atoms with Crippen LogP contribution in [0.2, 0.25) is 0 Å². The van der Waals surface area contributed by atoms with E-state index in [1.165, 1.54) is 16.8 Å². The second-order valence-corrected chi connectivity index (χ2v) is 7.12. The largest absolute Gasteiger partial charge is 0.416 e. The van der Waals surface area contributed by atoms with Gasteiger partial charge in [0.1, 0.15) is 11.4 Å². The summed E-state index contributed by atoms with van der Waals surface area (Å²) in [6.07, 6.45) is -4.44. The maximum absolute atomic E-state index is 12.9. The molecule has 164 valence electrons. The Morgan fingerprint density at radius 1 is 1.10 bits per heavy atom. The lowest BCUT2D eigenvalue weighted by Gasteiger charge is -2.12. The first-order valence-corrected chi connectivity index (χ1v) is 9.48. The van der Waals surface area contributed by atoms with Crippen LogP contribution in [0.4, 0.5) is 29.5 Å². The third kappa shape index (κ3) is 5.34. The molecule has 0 aliphatic carbocycles. The normalized spacial score (nSPS) is 11.5. The SMILES string of the molecule is CN(C)CCNC(=O)Nc1c(-c2ccccc2)nn(-c2ccc(C(F)(F)F)cc2)c1N. The van der Waals surface area contributed by atoms with Crippen molar-refractivity contribution in [3.05, 3.63) is 60.2 Å². The second-order valence-electron chi connectivity index (χ2n) is 7.12. The maximum atomic E-state index is 12.9. The molecule has 0 fully saturated rings. The number of rotatable bonds is 6. The molecular weight excluding hydrogens is 409 g/mol. The second kappa shape index (κ2) is 9.09. The fourth-order valence-electron chi connectivity index (χ4n) is 2.89. The summed E-state index contributed by atoms with van der Waals surface area (Å²) < 4.78 is 39.9. The average Bonchev–Trinajstić information content (AvgIpc) is 3.04. The molecule has 3 aromatic rings. The molecule has 0 aliphatic rings. The highest BCUT2D eigenvalue weighted by Gasteiger charge is 2.30. The lowest BCUT2D eigenvalue weighted by Crippen LogP contribution is -2.34. The first-order chi connectivity index (χ1) is 14.7. The van der Waals surface area contributed by atoms with Gasteiger partial charge in [0.15, 0.2) is 5.82 Å². The number of nitrogens with zero attached hydrogens (tertiary/aromatic N) is 3. The number of hydrogen-bond acceptors (Lipinski definition) is 4. The Labute approximate surface area is 177 Å². The van der Waals surface area contributed by atoms with Crippen molar-refractivity contribution in [1.29, 1.82) is 0 Å². The third-order valence-corrected chi connectivity index (χ3v) is 4.49. The van der Waals surface area contributed by atoms with Crippen molar-refractivity contribution in [3.8, 4) is 16.9 Å². The zero-order chi connectivity index (χ0) is 22.6. The highest BCUT2D eigenvalue weighted by molar-refractivity contribution is 5.97. The molecule has 0 bridgehead atoms. The number of aromatic nitrogens is 2. The van der Waals surface area contributed by atoms with Crippen molar-refractivity contribution in [1.82, 2.24) is 20.0 Å². The highest BCUT2D eigenvalue weighted by atomic mass is 19.4. The van der Waals surface area contributed by atoms with E-state index in [0.29, 0.717) is 30.0 Å². The molecule has 0 atom stereocenters. The smallest absolute Gasteiger partial charge is 0.382 e. The van der Waals surface area contributed by atoms with Crippen molar-refractivity contribution in [2.24, 2.45) is 0 Å². The number of carbonyl (C=O) groups excluding carboxylic acids is 1. The summed E-state index contributed by atoms with van der Waals surface area (Å²) in [6, 6.07) is 13.1. The van der Waals surface area contributed by atoms with E-state index in [9.17, 15) is 18.0 Å². The van der Waals surface area contributed by atoms with Gasteiger partial charge in [0.05, 0.1) is 11.3 Å². The molecule has 3 rings (SSSR count). The molecule has 1 heterocycles. The molecule has 0 saturated heterocycles.